The normalized spacial score (nSPS) is 9.48. The minimum absolute atomic E-state index is 0.222. The molecule has 1 amide bonds. The molecule has 2 rings (SSSR count). The van der Waals surface area contributed by atoms with Gasteiger partial charge in [-0.25, -0.2) is 0 Å². The van der Waals surface area contributed by atoms with E-state index in [0.29, 0.717) is 22.5 Å². The molecule has 5 nitrogen and oxygen atoms in total. The number of anilines is 2. The maximum Gasteiger partial charge on any atom is 0.256 e. The lowest BCUT2D eigenvalue weighted by molar-refractivity contribution is 0.102. The fourth-order valence-corrected chi connectivity index (χ4v) is 1.91. The van der Waals surface area contributed by atoms with Crippen molar-refractivity contribution in [2.75, 3.05) is 11.1 Å². The van der Waals surface area contributed by atoms with E-state index >= 15 is 0 Å². The van der Waals surface area contributed by atoms with Crippen molar-refractivity contribution in [2.24, 2.45) is 0 Å². The summed E-state index contributed by atoms with van der Waals surface area (Å²) >= 11 is 0. The summed E-state index contributed by atoms with van der Waals surface area (Å²) in [5, 5.41) is 20.5. The summed E-state index contributed by atoms with van der Waals surface area (Å²) < 4.78 is 0. The molecule has 0 aliphatic rings. The van der Waals surface area contributed by atoms with Crippen molar-refractivity contribution in [3.8, 4) is 12.1 Å². The lowest BCUT2D eigenvalue weighted by Gasteiger charge is -2.09. The Morgan fingerprint density at radius 3 is 2.52 bits per heavy atom. The first kappa shape index (κ1) is 14.1. The first-order chi connectivity index (χ1) is 10.1. The fraction of sp³-hybridized carbons (Fsp3) is 0.0625. The van der Waals surface area contributed by atoms with E-state index in [0.717, 1.165) is 0 Å². The molecule has 0 aliphatic carbocycles. The lowest BCUT2D eigenvalue weighted by atomic mass is 10.1. The minimum atomic E-state index is -0.312. The largest absolute Gasteiger partial charge is 0.398 e. The molecule has 0 spiro atoms. The van der Waals surface area contributed by atoms with E-state index in [-0.39, 0.29) is 17.0 Å². The van der Waals surface area contributed by atoms with Gasteiger partial charge in [-0.3, -0.25) is 4.79 Å². The Morgan fingerprint density at radius 2 is 1.86 bits per heavy atom. The van der Waals surface area contributed by atoms with Gasteiger partial charge in [0.25, 0.3) is 5.91 Å². The van der Waals surface area contributed by atoms with Crippen molar-refractivity contribution in [1.82, 2.24) is 0 Å². The van der Waals surface area contributed by atoms with E-state index < -0.39 is 0 Å². The number of carbonyl (C=O) groups excluding carboxylic acids is 1. The van der Waals surface area contributed by atoms with Crippen molar-refractivity contribution < 1.29 is 4.79 Å². The third kappa shape index (κ3) is 2.83. The summed E-state index contributed by atoms with van der Waals surface area (Å²) in [5.74, 6) is -0.312. The summed E-state index contributed by atoms with van der Waals surface area (Å²) in [6.07, 6.45) is 0. The van der Waals surface area contributed by atoms with Crippen LogP contribution in [0.5, 0.6) is 0 Å². The number of nitriles is 2. The highest BCUT2D eigenvalue weighted by molar-refractivity contribution is 6.06. The zero-order valence-electron chi connectivity index (χ0n) is 11.3. The molecule has 2 aromatic rings. The molecule has 0 saturated carbocycles. The maximum absolute atomic E-state index is 12.2. The molecule has 0 bridgehead atoms. The lowest BCUT2D eigenvalue weighted by Crippen LogP contribution is -2.14. The number of nitrogens with two attached hydrogens (primary N) is 1. The van der Waals surface area contributed by atoms with Crippen LogP contribution in [0.25, 0.3) is 0 Å². The van der Waals surface area contributed by atoms with Crippen LogP contribution in [0.4, 0.5) is 11.4 Å². The summed E-state index contributed by atoms with van der Waals surface area (Å²) in [7, 11) is 0. The van der Waals surface area contributed by atoms with E-state index in [1.807, 2.05) is 12.1 Å². The van der Waals surface area contributed by atoms with Gasteiger partial charge in [0.1, 0.15) is 12.1 Å². The van der Waals surface area contributed by atoms with Gasteiger partial charge in [0, 0.05) is 16.9 Å². The first-order valence-electron chi connectivity index (χ1n) is 6.17. The predicted octanol–water partition coefficient (Wildman–Crippen LogP) is 2.57. The molecule has 0 radical (unpaired) electrons. The molecule has 3 N–H and O–H groups in total. The average Bonchev–Trinajstić information content (AvgIpc) is 2.49. The molecule has 0 aromatic heterocycles. The Bertz CT molecular complexity index is 797. The van der Waals surface area contributed by atoms with Crippen LogP contribution in [0, 0.1) is 29.6 Å². The Morgan fingerprint density at radius 1 is 1.14 bits per heavy atom. The number of hydrogen-bond donors (Lipinski definition) is 2. The Hall–Kier alpha value is -3.31. The highest BCUT2D eigenvalue weighted by atomic mass is 16.1. The van der Waals surface area contributed by atoms with Crippen molar-refractivity contribution in [3.05, 3.63) is 58.7 Å². The minimum Gasteiger partial charge on any atom is -0.398 e. The van der Waals surface area contributed by atoms with Crippen LogP contribution in [0.1, 0.15) is 27.0 Å². The molecule has 21 heavy (non-hydrogen) atoms. The number of benzene rings is 2. The molecule has 5 heteroatoms. The summed E-state index contributed by atoms with van der Waals surface area (Å²) in [5.41, 5.74) is 8.44. The highest BCUT2D eigenvalue weighted by Crippen LogP contribution is 2.19. The first-order valence-corrected chi connectivity index (χ1v) is 6.17. The standard InChI is InChI=1S/C16H12N4O/c1-10-14(3-2-4-15(10)19)16(21)20-13-6-5-11(8-17)12(7-13)9-18/h2-7H,19H2,1H3,(H,20,21). The van der Waals surface area contributed by atoms with Gasteiger partial charge in [0.15, 0.2) is 0 Å². The van der Waals surface area contributed by atoms with Crippen LogP contribution < -0.4 is 11.1 Å². The average molecular weight is 276 g/mol. The van der Waals surface area contributed by atoms with Gasteiger partial charge in [-0.1, -0.05) is 6.07 Å². The quantitative estimate of drug-likeness (QED) is 0.823. The highest BCUT2D eigenvalue weighted by Gasteiger charge is 2.11. The third-order valence-electron chi connectivity index (χ3n) is 3.14. The van der Waals surface area contributed by atoms with Gasteiger partial charge in [0.2, 0.25) is 0 Å². The van der Waals surface area contributed by atoms with E-state index in [9.17, 15) is 4.79 Å². The predicted molar refractivity (Wildman–Crippen MR) is 79.4 cm³/mol. The van der Waals surface area contributed by atoms with Crippen LogP contribution >= 0.6 is 0 Å². The van der Waals surface area contributed by atoms with Crippen LogP contribution in [0.3, 0.4) is 0 Å². The smallest absolute Gasteiger partial charge is 0.256 e. The molecule has 0 saturated heterocycles. The topological polar surface area (TPSA) is 103 Å². The molecule has 0 unspecified atom stereocenters. The zero-order chi connectivity index (χ0) is 15.4. The number of hydrogen-bond acceptors (Lipinski definition) is 4. The fourth-order valence-electron chi connectivity index (χ4n) is 1.91. The van der Waals surface area contributed by atoms with Crippen LogP contribution in [-0.4, -0.2) is 5.91 Å². The van der Waals surface area contributed by atoms with Gasteiger partial charge >= 0.3 is 0 Å². The molecule has 0 atom stereocenters. The molecule has 0 fully saturated rings. The zero-order valence-corrected chi connectivity index (χ0v) is 11.3. The summed E-state index contributed by atoms with van der Waals surface area (Å²) in [6.45, 7) is 1.77. The van der Waals surface area contributed by atoms with Gasteiger partial charge in [-0.15, -0.1) is 0 Å². The summed E-state index contributed by atoms with van der Waals surface area (Å²) in [4.78, 5) is 12.2. The van der Waals surface area contributed by atoms with Crippen molar-refractivity contribution >= 4 is 17.3 Å². The van der Waals surface area contributed by atoms with Gasteiger partial charge in [0.05, 0.1) is 11.1 Å². The molecular weight excluding hydrogens is 264 g/mol. The number of nitrogens with zero attached hydrogens (tertiary/aromatic N) is 2. The molecule has 2 aromatic carbocycles. The maximum atomic E-state index is 12.2. The number of amides is 1. The van der Waals surface area contributed by atoms with Gasteiger partial charge in [-0.2, -0.15) is 10.5 Å². The van der Waals surface area contributed by atoms with Gasteiger partial charge in [-0.05, 0) is 42.8 Å². The molecule has 102 valence electrons. The number of carbonyl (C=O) groups is 1. The Kier molecular flexibility index (Phi) is 3.87. The van der Waals surface area contributed by atoms with Crippen LogP contribution in [0.15, 0.2) is 36.4 Å². The van der Waals surface area contributed by atoms with E-state index in [4.69, 9.17) is 16.3 Å². The second kappa shape index (κ2) is 5.77. The Balaban J connectivity index is 2.31. The van der Waals surface area contributed by atoms with Gasteiger partial charge < -0.3 is 11.1 Å². The second-order valence-corrected chi connectivity index (χ2v) is 4.46. The summed E-state index contributed by atoms with van der Waals surface area (Å²) in [6, 6.07) is 13.5. The second-order valence-electron chi connectivity index (χ2n) is 4.46. The molecule has 0 heterocycles. The SMILES string of the molecule is Cc1c(N)cccc1C(=O)Nc1ccc(C#N)c(C#N)c1. The van der Waals surface area contributed by atoms with Crippen LogP contribution in [-0.2, 0) is 0 Å². The number of nitrogen functional groups attached to an aromatic ring is 1. The number of nitrogens with one attached hydrogen (secondary N) is 1. The van der Waals surface area contributed by atoms with Crippen molar-refractivity contribution in [3.63, 3.8) is 0 Å². The number of rotatable bonds is 2. The van der Waals surface area contributed by atoms with Crippen molar-refractivity contribution in [1.29, 1.82) is 10.5 Å². The molecule has 0 aliphatic heterocycles. The van der Waals surface area contributed by atoms with Crippen LogP contribution in [0.2, 0.25) is 0 Å². The molecular formula is C16H12N4O. The van der Waals surface area contributed by atoms with E-state index in [2.05, 4.69) is 5.32 Å². The Labute approximate surface area is 122 Å². The monoisotopic (exact) mass is 276 g/mol. The van der Waals surface area contributed by atoms with E-state index in [1.165, 1.54) is 12.1 Å². The van der Waals surface area contributed by atoms with Crippen molar-refractivity contribution in [2.45, 2.75) is 6.92 Å². The van der Waals surface area contributed by atoms with E-state index in [1.54, 1.807) is 31.2 Å². The third-order valence-corrected chi connectivity index (χ3v) is 3.14.